The van der Waals surface area contributed by atoms with Gasteiger partial charge in [0.15, 0.2) is 0 Å². The average molecular weight is 171 g/mol. The van der Waals surface area contributed by atoms with E-state index >= 15 is 0 Å². The summed E-state index contributed by atoms with van der Waals surface area (Å²) in [6, 6.07) is 0.783. The van der Waals surface area contributed by atoms with Gasteiger partial charge in [0.1, 0.15) is 6.61 Å². The van der Waals surface area contributed by atoms with E-state index in [4.69, 9.17) is 4.74 Å². The number of amides is 1. The van der Waals surface area contributed by atoms with E-state index in [1.54, 1.807) is 7.11 Å². The van der Waals surface area contributed by atoms with E-state index in [9.17, 15) is 4.79 Å². The van der Waals surface area contributed by atoms with Gasteiger partial charge in [0.05, 0.1) is 0 Å². The average Bonchev–Trinajstić information content (AvgIpc) is 2.32. The van der Waals surface area contributed by atoms with Crippen LogP contribution in [0.15, 0.2) is 0 Å². The molecule has 12 heavy (non-hydrogen) atoms. The maximum atomic E-state index is 11.5. The Labute approximate surface area is 73.7 Å². The first kappa shape index (κ1) is 9.52. The van der Waals surface area contributed by atoms with Gasteiger partial charge in [0, 0.05) is 19.2 Å². The van der Waals surface area contributed by atoms with Gasteiger partial charge in [0.2, 0.25) is 5.91 Å². The van der Waals surface area contributed by atoms with Crippen LogP contribution in [0.2, 0.25) is 0 Å². The summed E-state index contributed by atoms with van der Waals surface area (Å²) in [6.45, 7) is 4.41. The Morgan fingerprint density at radius 1 is 1.42 bits per heavy atom. The molecule has 2 atom stereocenters. The van der Waals surface area contributed by atoms with Crippen LogP contribution in [0.5, 0.6) is 0 Å². The van der Waals surface area contributed by atoms with Crippen LogP contribution in [0, 0.1) is 0 Å². The summed E-state index contributed by atoms with van der Waals surface area (Å²) in [5.74, 6) is 0.120. The number of carbonyl (C=O) groups excluding carboxylic acids is 1. The van der Waals surface area contributed by atoms with E-state index in [0.29, 0.717) is 12.1 Å². The van der Waals surface area contributed by atoms with Gasteiger partial charge >= 0.3 is 0 Å². The summed E-state index contributed by atoms with van der Waals surface area (Å²) in [4.78, 5) is 13.4. The SMILES string of the molecule is COCC(=O)N1C(C)CCC1C. The smallest absolute Gasteiger partial charge is 0.249 e. The molecule has 0 saturated carbocycles. The number of hydrogen-bond donors (Lipinski definition) is 0. The van der Waals surface area contributed by atoms with E-state index in [1.165, 1.54) is 0 Å². The van der Waals surface area contributed by atoms with Crippen LogP contribution in [-0.2, 0) is 9.53 Å². The van der Waals surface area contributed by atoms with Crippen molar-refractivity contribution >= 4 is 5.91 Å². The molecular formula is C9H17NO2. The molecule has 1 aliphatic heterocycles. The van der Waals surface area contributed by atoms with Crippen molar-refractivity contribution in [3.63, 3.8) is 0 Å². The van der Waals surface area contributed by atoms with Gasteiger partial charge in [-0.3, -0.25) is 4.79 Å². The third-order valence-electron chi connectivity index (χ3n) is 2.51. The van der Waals surface area contributed by atoms with Gasteiger partial charge in [-0.1, -0.05) is 0 Å². The Morgan fingerprint density at radius 3 is 2.33 bits per heavy atom. The van der Waals surface area contributed by atoms with Crippen molar-refractivity contribution in [3.8, 4) is 0 Å². The van der Waals surface area contributed by atoms with Gasteiger partial charge in [0.25, 0.3) is 0 Å². The molecule has 3 nitrogen and oxygen atoms in total. The van der Waals surface area contributed by atoms with Crippen LogP contribution in [0.25, 0.3) is 0 Å². The van der Waals surface area contributed by atoms with Crippen molar-refractivity contribution in [2.45, 2.75) is 38.8 Å². The van der Waals surface area contributed by atoms with Crippen LogP contribution in [0.4, 0.5) is 0 Å². The highest BCUT2D eigenvalue weighted by molar-refractivity contribution is 5.78. The summed E-state index contributed by atoms with van der Waals surface area (Å²) < 4.78 is 4.82. The molecule has 0 spiro atoms. The number of methoxy groups -OCH3 is 1. The third kappa shape index (κ3) is 1.78. The highest BCUT2D eigenvalue weighted by Gasteiger charge is 2.30. The predicted molar refractivity (Wildman–Crippen MR) is 46.9 cm³/mol. The molecule has 1 amide bonds. The first-order valence-corrected chi connectivity index (χ1v) is 4.47. The van der Waals surface area contributed by atoms with Crippen molar-refractivity contribution in [1.82, 2.24) is 4.90 Å². The fraction of sp³-hybridized carbons (Fsp3) is 0.889. The summed E-state index contributed by atoms with van der Waals surface area (Å²) in [5, 5.41) is 0. The Hall–Kier alpha value is -0.570. The molecule has 0 aromatic heterocycles. The topological polar surface area (TPSA) is 29.5 Å². The lowest BCUT2D eigenvalue weighted by Crippen LogP contribution is -2.40. The van der Waals surface area contributed by atoms with Crippen LogP contribution in [0.3, 0.4) is 0 Å². The molecule has 0 aliphatic carbocycles. The maximum absolute atomic E-state index is 11.5. The summed E-state index contributed by atoms with van der Waals surface area (Å²) in [5.41, 5.74) is 0. The van der Waals surface area contributed by atoms with Crippen LogP contribution < -0.4 is 0 Å². The van der Waals surface area contributed by atoms with Gasteiger partial charge in [-0.05, 0) is 26.7 Å². The molecule has 2 unspecified atom stereocenters. The fourth-order valence-corrected chi connectivity index (χ4v) is 1.88. The van der Waals surface area contributed by atoms with Crippen molar-refractivity contribution in [1.29, 1.82) is 0 Å². The number of rotatable bonds is 2. The molecule has 0 bridgehead atoms. The van der Waals surface area contributed by atoms with E-state index in [2.05, 4.69) is 13.8 Å². The summed E-state index contributed by atoms with van der Waals surface area (Å²) >= 11 is 0. The molecule has 0 aromatic carbocycles. The highest BCUT2D eigenvalue weighted by atomic mass is 16.5. The normalized spacial score (nSPS) is 29.4. The summed E-state index contributed by atoms with van der Waals surface area (Å²) in [6.07, 6.45) is 2.24. The molecule has 0 aromatic rings. The molecule has 1 aliphatic rings. The van der Waals surface area contributed by atoms with Gasteiger partial charge in [-0.2, -0.15) is 0 Å². The Balaban J connectivity index is 2.53. The lowest BCUT2D eigenvalue weighted by Gasteiger charge is -2.25. The monoisotopic (exact) mass is 171 g/mol. The molecule has 3 heteroatoms. The maximum Gasteiger partial charge on any atom is 0.249 e. The molecule has 1 saturated heterocycles. The summed E-state index contributed by atoms with van der Waals surface area (Å²) in [7, 11) is 1.56. The Bertz CT molecular complexity index is 160. The number of nitrogens with zero attached hydrogens (tertiary/aromatic N) is 1. The largest absolute Gasteiger partial charge is 0.375 e. The molecule has 1 fully saturated rings. The minimum Gasteiger partial charge on any atom is -0.375 e. The number of likely N-dealkylation sites (tertiary alicyclic amines) is 1. The zero-order chi connectivity index (χ0) is 9.14. The van der Waals surface area contributed by atoms with Crippen molar-refractivity contribution in [2.24, 2.45) is 0 Å². The molecule has 0 radical (unpaired) electrons. The molecule has 0 N–H and O–H groups in total. The van der Waals surface area contributed by atoms with Crippen LogP contribution in [-0.4, -0.2) is 36.6 Å². The third-order valence-corrected chi connectivity index (χ3v) is 2.51. The molecule has 70 valence electrons. The van der Waals surface area contributed by atoms with Gasteiger partial charge in [-0.15, -0.1) is 0 Å². The minimum atomic E-state index is 0.120. The lowest BCUT2D eigenvalue weighted by atomic mass is 10.2. The molecular weight excluding hydrogens is 154 g/mol. The second-order valence-corrected chi connectivity index (χ2v) is 3.51. The van der Waals surface area contributed by atoms with Crippen molar-refractivity contribution < 1.29 is 9.53 Å². The zero-order valence-corrected chi connectivity index (χ0v) is 8.04. The second kappa shape index (κ2) is 3.90. The second-order valence-electron chi connectivity index (χ2n) is 3.51. The van der Waals surface area contributed by atoms with Gasteiger partial charge < -0.3 is 9.64 Å². The lowest BCUT2D eigenvalue weighted by molar-refractivity contribution is -0.137. The van der Waals surface area contributed by atoms with Crippen LogP contribution in [0.1, 0.15) is 26.7 Å². The predicted octanol–water partition coefficient (Wildman–Crippen LogP) is 1.03. The molecule has 1 rings (SSSR count). The Kier molecular flexibility index (Phi) is 3.09. The first-order valence-electron chi connectivity index (χ1n) is 4.47. The highest BCUT2D eigenvalue weighted by Crippen LogP contribution is 2.23. The fourth-order valence-electron chi connectivity index (χ4n) is 1.88. The van der Waals surface area contributed by atoms with Crippen molar-refractivity contribution in [2.75, 3.05) is 13.7 Å². The van der Waals surface area contributed by atoms with E-state index < -0.39 is 0 Å². The van der Waals surface area contributed by atoms with Gasteiger partial charge in [-0.25, -0.2) is 0 Å². The standard InChI is InChI=1S/C9H17NO2/c1-7-4-5-8(2)10(7)9(11)6-12-3/h7-8H,4-6H2,1-3H3. The number of hydrogen-bond acceptors (Lipinski definition) is 2. The number of ether oxygens (including phenoxy) is 1. The van der Waals surface area contributed by atoms with E-state index in [1.807, 2.05) is 4.90 Å². The zero-order valence-electron chi connectivity index (χ0n) is 8.04. The number of carbonyl (C=O) groups is 1. The van der Waals surface area contributed by atoms with E-state index in [-0.39, 0.29) is 12.5 Å². The first-order chi connectivity index (χ1) is 5.66. The molecule has 1 heterocycles. The van der Waals surface area contributed by atoms with E-state index in [0.717, 1.165) is 12.8 Å². The quantitative estimate of drug-likeness (QED) is 0.621. The van der Waals surface area contributed by atoms with Crippen LogP contribution >= 0.6 is 0 Å². The Morgan fingerprint density at radius 2 is 1.92 bits per heavy atom. The van der Waals surface area contributed by atoms with Crippen molar-refractivity contribution in [3.05, 3.63) is 0 Å². The minimum absolute atomic E-state index is 0.120.